The lowest BCUT2D eigenvalue weighted by atomic mass is 9.91. The molecule has 0 amide bonds. The number of carbonyl (C=O) groups is 6. The van der Waals surface area contributed by atoms with Crippen LogP contribution in [0, 0.1) is 0 Å². The van der Waals surface area contributed by atoms with E-state index in [9.17, 15) is 136 Å². The van der Waals surface area contributed by atoms with E-state index >= 15 is 0 Å². The minimum absolute atomic E-state index is 0.350. The van der Waals surface area contributed by atoms with Crippen molar-refractivity contribution in [1.29, 1.82) is 0 Å². The molecule has 4 heterocycles. The maximum atomic E-state index is 14.9. The van der Waals surface area contributed by atoms with Gasteiger partial charge < -0.3 is 150 Å². The molecule has 4 aliphatic heterocycles. The molecule has 4 aliphatic rings. The third-order valence-electron chi connectivity index (χ3n) is 14.3. The third-order valence-corrected chi connectivity index (χ3v) is 14.3. The number of phenolic OH excluding ortho intramolecular Hbond substituents is 17. The van der Waals surface area contributed by atoms with Gasteiger partial charge in [-0.25, -0.2) is 28.8 Å². The van der Waals surface area contributed by atoms with Gasteiger partial charge in [0.1, 0.15) is 42.7 Å². The van der Waals surface area contributed by atoms with Gasteiger partial charge in [-0.2, -0.15) is 0 Å². The van der Waals surface area contributed by atoms with Crippen LogP contribution in [0.2, 0.25) is 0 Å². The molecule has 2 fully saturated rings. The number of rotatable bonds is 7. The average molecular weight is 1270 g/mol. The summed E-state index contributed by atoms with van der Waals surface area (Å²) in [7, 11) is 0. The Morgan fingerprint density at radius 2 is 0.844 bits per heavy atom. The number of phenols is 17. The van der Waals surface area contributed by atoms with Crippen molar-refractivity contribution in [3.05, 3.63) is 75.8 Å². The van der Waals surface area contributed by atoms with Gasteiger partial charge >= 0.3 is 35.8 Å². The molecule has 90 heavy (non-hydrogen) atoms. The van der Waals surface area contributed by atoms with E-state index in [1.54, 1.807) is 0 Å². The molecule has 474 valence electrons. The first-order valence-electron chi connectivity index (χ1n) is 25.2. The second-order valence-electron chi connectivity index (χ2n) is 19.7. The fourth-order valence-corrected chi connectivity index (χ4v) is 9.84. The summed E-state index contributed by atoms with van der Waals surface area (Å²) >= 11 is 0. The Kier molecular flexibility index (Phi) is 15.4. The first kappa shape index (κ1) is 61.4. The summed E-state index contributed by atoms with van der Waals surface area (Å²) in [5.41, 5.74) is -11.5. The zero-order valence-corrected chi connectivity index (χ0v) is 44.2. The number of aliphatic hydroxyl groups excluding tert-OH is 4. The standard InChI is InChI=1S/C54H42O36/c55-8-22-34(67)45-46(88-51(80)14-7-20(61)32(65)36(69)25(14)24-13(50(79)87-45)6-19(60)31(64)35(24)68)54(84-22)90-48(77)11-3-17(58)30(63)21(4-11)83-44-28-27(38(71)39(72)40(44)73)26-12(5-18(59)33(66)37(26)70)49(78)82-9-23-43(86-52(28)81)41(74)42(75)53(85-23)89-47(76)10-1-15(56)29(62)16(57)2-10/h1-7,22-23,34,41-43,45-46,53-75H,8-9H2/t22-,23-,34-,41+,42+,43-,45+,46+,53-,54-/m0/s1. The molecule has 0 aromatic heterocycles. The second-order valence-corrected chi connectivity index (χ2v) is 19.7. The van der Waals surface area contributed by atoms with E-state index in [2.05, 4.69) is 0 Å². The Morgan fingerprint density at radius 1 is 0.411 bits per heavy atom. The Balaban J connectivity index is 1.04. The van der Waals surface area contributed by atoms with Crippen molar-refractivity contribution in [2.75, 3.05) is 13.2 Å². The lowest BCUT2D eigenvalue weighted by Crippen LogP contribution is -2.62. The molecular formula is C54H42O36. The smallest absolute Gasteiger partial charge is 0.343 e. The summed E-state index contributed by atoms with van der Waals surface area (Å²) in [6.07, 6.45) is -23.7. The van der Waals surface area contributed by atoms with Gasteiger partial charge in [0, 0.05) is 16.7 Å². The van der Waals surface area contributed by atoms with Crippen LogP contribution in [-0.4, -0.2) is 218 Å². The van der Waals surface area contributed by atoms with Crippen molar-refractivity contribution in [3.8, 4) is 131 Å². The van der Waals surface area contributed by atoms with Gasteiger partial charge in [0.05, 0.1) is 40.0 Å². The summed E-state index contributed by atoms with van der Waals surface area (Å²) in [6.45, 7) is -2.49. The molecule has 6 aromatic rings. The first-order valence-corrected chi connectivity index (χ1v) is 25.2. The number of aromatic hydroxyl groups is 17. The largest absolute Gasteiger partial charge is 0.504 e. The topological polar surface area (TPSA) is 610 Å². The maximum absolute atomic E-state index is 14.9. The maximum Gasteiger partial charge on any atom is 0.343 e. The zero-order valence-electron chi connectivity index (χ0n) is 44.2. The number of ether oxygens (including phenoxy) is 9. The van der Waals surface area contributed by atoms with Crippen molar-refractivity contribution in [2.45, 2.75) is 61.4 Å². The van der Waals surface area contributed by atoms with Gasteiger partial charge in [-0.15, -0.1) is 0 Å². The van der Waals surface area contributed by atoms with E-state index in [-0.39, 0.29) is 0 Å². The Hall–Kier alpha value is -11.7. The number of cyclic esters (lactones) is 1. The van der Waals surface area contributed by atoms with Gasteiger partial charge in [-0.3, -0.25) is 0 Å². The SMILES string of the molecule is O=C(O[C@@H]1O[C@H]2COC(=O)c3cc(O)c(O)c(O)c3-c3c(O)c(O)c(O)c(Oc4cc(C(=O)O[C@@H]5O[C@@H](CO)[C@H](O)[C@H]6OC(=O)c7cc(O)c(O)c(O)c7-c7c(cc(O)c(O)c7O)C(=O)O[C@@H]56)cc(O)c4O)c3C(=O)O[C@@H]2[C@H](O)[C@H]1O)c1cc(O)c(O)c(O)c1. The van der Waals surface area contributed by atoms with E-state index in [1.807, 2.05) is 0 Å². The molecule has 36 nitrogen and oxygen atoms in total. The molecule has 21 N–H and O–H groups in total. The van der Waals surface area contributed by atoms with Crippen LogP contribution >= 0.6 is 0 Å². The highest BCUT2D eigenvalue weighted by molar-refractivity contribution is 6.11. The monoisotopic (exact) mass is 1270 g/mol. The number of fused-ring (bicyclic) bond motifs is 8. The molecule has 0 spiro atoms. The predicted octanol–water partition coefficient (Wildman–Crippen LogP) is -0.193. The Bertz CT molecular complexity index is 4060. The predicted molar refractivity (Wildman–Crippen MR) is 276 cm³/mol. The highest BCUT2D eigenvalue weighted by Gasteiger charge is 2.54. The van der Waals surface area contributed by atoms with Gasteiger partial charge in [-0.1, -0.05) is 0 Å². The molecule has 36 heteroatoms. The van der Waals surface area contributed by atoms with Crippen molar-refractivity contribution >= 4 is 35.8 Å². The summed E-state index contributed by atoms with van der Waals surface area (Å²) in [6, 6.07) is 3.11. The van der Waals surface area contributed by atoms with E-state index < -0.39 is 275 Å². The fourth-order valence-electron chi connectivity index (χ4n) is 9.84. The van der Waals surface area contributed by atoms with Gasteiger partial charge in [-0.05, 0) is 42.5 Å². The van der Waals surface area contributed by atoms with Crippen LogP contribution in [-0.2, 0) is 37.9 Å². The fraction of sp³-hybridized carbons (Fsp3) is 0.222. The normalized spacial score (nSPS) is 23.0. The van der Waals surface area contributed by atoms with Crippen LogP contribution in [0.1, 0.15) is 62.1 Å². The van der Waals surface area contributed by atoms with Crippen molar-refractivity contribution < 1.29 is 179 Å². The van der Waals surface area contributed by atoms with E-state index in [0.717, 1.165) is 0 Å². The number of hydrogen-bond acceptors (Lipinski definition) is 36. The molecule has 2 saturated heterocycles. The minimum Gasteiger partial charge on any atom is -0.504 e. The molecule has 0 unspecified atom stereocenters. The number of hydrogen-bond donors (Lipinski definition) is 21. The van der Waals surface area contributed by atoms with Crippen LogP contribution < -0.4 is 4.74 Å². The summed E-state index contributed by atoms with van der Waals surface area (Å²) in [4.78, 5) is 84.5. The van der Waals surface area contributed by atoms with Crippen molar-refractivity contribution in [2.24, 2.45) is 0 Å². The van der Waals surface area contributed by atoms with Crippen LogP contribution in [0.15, 0.2) is 42.5 Å². The van der Waals surface area contributed by atoms with Crippen LogP contribution in [0.4, 0.5) is 0 Å². The molecule has 6 aromatic carbocycles. The van der Waals surface area contributed by atoms with Gasteiger partial charge in [0.15, 0.2) is 87.0 Å². The lowest BCUT2D eigenvalue weighted by molar-refractivity contribution is -0.284. The first-order chi connectivity index (χ1) is 42.4. The van der Waals surface area contributed by atoms with Crippen molar-refractivity contribution in [3.63, 3.8) is 0 Å². The molecule has 10 rings (SSSR count). The molecule has 0 bridgehead atoms. The quantitative estimate of drug-likeness (QED) is 0.0559. The molecule has 0 aliphatic carbocycles. The Morgan fingerprint density at radius 3 is 1.37 bits per heavy atom. The van der Waals surface area contributed by atoms with Crippen LogP contribution in [0.3, 0.4) is 0 Å². The zero-order chi connectivity index (χ0) is 65.7. The lowest BCUT2D eigenvalue weighted by Gasteiger charge is -2.42. The second kappa shape index (κ2) is 22.5. The summed E-state index contributed by atoms with van der Waals surface area (Å²) in [5.74, 6) is -37.8. The number of aliphatic hydroxyl groups is 4. The van der Waals surface area contributed by atoms with Crippen molar-refractivity contribution in [1.82, 2.24) is 0 Å². The molecular weight excluding hydrogens is 1220 g/mol. The molecule has 10 atom stereocenters. The summed E-state index contributed by atoms with van der Waals surface area (Å²) < 4.78 is 48.9. The number of carbonyl (C=O) groups excluding carboxylic acids is 6. The van der Waals surface area contributed by atoms with E-state index in [1.165, 1.54) is 0 Å². The summed E-state index contributed by atoms with van der Waals surface area (Å²) in [5, 5.41) is 227. The minimum atomic E-state index is -2.56. The molecule has 0 radical (unpaired) electrons. The van der Waals surface area contributed by atoms with Crippen LogP contribution in [0.5, 0.6) is 109 Å². The van der Waals surface area contributed by atoms with Gasteiger partial charge in [0.25, 0.3) is 0 Å². The third kappa shape index (κ3) is 10.1. The average Bonchev–Trinajstić information content (AvgIpc) is 0.970. The van der Waals surface area contributed by atoms with E-state index in [4.69, 9.17) is 42.6 Å². The highest BCUT2D eigenvalue weighted by Crippen LogP contribution is 2.59. The number of esters is 6. The Labute approximate surface area is 495 Å². The van der Waals surface area contributed by atoms with Gasteiger partial charge in [0.2, 0.25) is 53.2 Å². The van der Waals surface area contributed by atoms with Crippen LogP contribution in [0.25, 0.3) is 22.3 Å². The highest BCUT2D eigenvalue weighted by atomic mass is 16.7. The molecule has 0 saturated carbocycles. The van der Waals surface area contributed by atoms with E-state index in [0.29, 0.717) is 42.5 Å². The number of benzene rings is 6.